The minimum absolute atomic E-state index is 0.0901. The fraction of sp³-hybridized carbons (Fsp3) is 0.538. The summed E-state index contributed by atoms with van der Waals surface area (Å²) >= 11 is 0. The largest absolute Gasteiger partial charge is 0.377 e. The van der Waals surface area contributed by atoms with Crippen molar-refractivity contribution in [1.29, 1.82) is 0 Å². The quantitative estimate of drug-likeness (QED) is 0.325. The van der Waals surface area contributed by atoms with E-state index in [2.05, 4.69) is 20.8 Å². The molecule has 1 nitrogen and oxygen atoms in total. The van der Waals surface area contributed by atoms with Crippen LogP contribution in [0.1, 0.15) is 83.3 Å². The lowest BCUT2D eigenvalue weighted by Crippen LogP contribution is -2.01. The van der Waals surface area contributed by atoms with Gasteiger partial charge in [-0.05, 0) is 36.3 Å². The molecule has 2 atom stereocenters. The van der Waals surface area contributed by atoms with E-state index in [4.69, 9.17) is 4.74 Å². The minimum atomic E-state index is -0.814. The van der Waals surface area contributed by atoms with Gasteiger partial charge in [-0.2, -0.15) is 0 Å². The van der Waals surface area contributed by atoms with Crippen molar-refractivity contribution in [3.8, 4) is 11.1 Å². The zero-order valence-corrected chi connectivity index (χ0v) is 18.4. The maximum absolute atomic E-state index is 14.5. The number of hydrogen-bond acceptors (Lipinski definition) is 1. The smallest absolute Gasteiger partial charge is 0.167 e. The molecule has 0 bridgehead atoms. The lowest BCUT2D eigenvalue weighted by molar-refractivity contribution is 0.131. The molecule has 0 spiro atoms. The summed E-state index contributed by atoms with van der Waals surface area (Å²) in [4.78, 5) is 0. The standard InChI is InChI=1S/C26H36F2O/c1-5-7-8-9-19(3)10-11-20(4)21-12-14-22(15-13-21)24-17-16-23(18-29-6-2)25(27)26(24)28/h12-17,19-20H,5-11,18H2,1-4H3. The molecule has 2 unspecified atom stereocenters. The molecular formula is C26H36F2O. The van der Waals surface area contributed by atoms with Crippen LogP contribution in [0.4, 0.5) is 8.78 Å². The molecule has 2 rings (SSSR count). The molecule has 0 fully saturated rings. The van der Waals surface area contributed by atoms with Crippen molar-refractivity contribution < 1.29 is 13.5 Å². The Balaban J connectivity index is 2.00. The molecule has 0 aliphatic rings. The van der Waals surface area contributed by atoms with E-state index < -0.39 is 11.6 Å². The van der Waals surface area contributed by atoms with Crippen LogP contribution in [-0.4, -0.2) is 6.61 Å². The number of rotatable bonds is 12. The summed E-state index contributed by atoms with van der Waals surface area (Å²) in [5.74, 6) is -0.391. The minimum Gasteiger partial charge on any atom is -0.377 e. The van der Waals surface area contributed by atoms with Crippen LogP contribution in [0, 0.1) is 17.6 Å². The van der Waals surface area contributed by atoms with Gasteiger partial charge >= 0.3 is 0 Å². The van der Waals surface area contributed by atoms with Gasteiger partial charge in [0, 0.05) is 17.7 Å². The fourth-order valence-corrected chi connectivity index (χ4v) is 3.72. The molecule has 0 aliphatic heterocycles. The molecule has 29 heavy (non-hydrogen) atoms. The first kappa shape index (κ1) is 23.5. The highest BCUT2D eigenvalue weighted by molar-refractivity contribution is 5.65. The van der Waals surface area contributed by atoms with E-state index >= 15 is 0 Å². The molecule has 0 heterocycles. The van der Waals surface area contributed by atoms with E-state index in [0.717, 1.165) is 12.3 Å². The average Bonchev–Trinajstić information content (AvgIpc) is 2.73. The monoisotopic (exact) mass is 402 g/mol. The summed E-state index contributed by atoms with van der Waals surface area (Å²) in [6.07, 6.45) is 7.62. The maximum atomic E-state index is 14.5. The van der Waals surface area contributed by atoms with Crippen molar-refractivity contribution in [1.82, 2.24) is 0 Å². The topological polar surface area (TPSA) is 9.23 Å². The highest BCUT2D eigenvalue weighted by Crippen LogP contribution is 2.30. The van der Waals surface area contributed by atoms with Crippen LogP contribution in [0.25, 0.3) is 11.1 Å². The molecule has 160 valence electrons. The fourth-order valence-electron chi connectivity index (χ4n) is 3.72. The molecule has 0 amide bonds. The third-order valence-electron chi connectivity index (χ3n) is 5.81. The van der Waals surface area contributed by atoms with E-state index in [1.54, 1.807) is 12.1 Å². The van der Waals surface area contributed by atoms with Gasteiger partial charge in [0.1, 0.15) is 0 Å². The average molecular weight is 403 g/mol. The highest BCUT2D eigenvalue weighted by atomic mass is 19.2. The highest BCUT2D eigenvalue weighted by Gasteiger charge is 2.15. The van der Waals surface area contributed by atoms with Crippen LogP contribution in [0.3, 0.4) is 0 Å². The van der Waals surface area contributed by atoms with Gasteiger partial charge in [0.05, 0.1) is 6.61 Å². The van der Waals surface area contributed by atoms with E-state index in [1.165, 1.54) is 37.7 Å². The molecule has 2 aromatic rings. The van der Waals surface area contributed by atoms with Gasteiger partial charge in [-0.3, -0.25) is 0 Å². The normalized spacial score (nSPS) is 13.4. The van der Waals surface area contributed by atoms with Gasteiger partial charge in [-0.1, -0.05) is 89.3 Å². The predicted molar refractivity (Wildman–Crippen MR) is 118 cm³/mol. The predicted octanol–water partition coefficient (Wildman–Crippen LogP) is 8.27. The number of benzene rings is 2. The second-order valence-corrected chi connectivity index (χ2v) is 8.24. The Morgan fingerprint density at radius 3 is 2.21 bits per heavy atom. The molecule has 3 heteroatoms. The lowest BCUT2D eigenvalue weighted by atomic mass is 9.89. The van der Waals surface area contributed by atoms with Gasteiger partial charge in [0.2, 0.25) is 0 Å². The zero-order chi connectivity index (χ0) is 21.2. The molecule has 0 radical (unpaired) electrons. The first-order valence-corrected chi connectivity index (χ1v) is 11.1. The lowest BCUT2D eigenvalue weighted by Gasteiger charge is -2.16. The molecular weight excluding hydrogens is 366 g/mol. The van der Waals surface area contributed by atoms with Gasteiger partial charge in [-0.25, -0.2) is 8.78 Å². The van der Waals surface area contributed by atoms with Gasteiger partial charge < -0.3 is 4.74 Å². The third-order valence-corrected chi connectivity index (χ3v) is 5.81. The molecule has 0 N–H and O–H groups in total. The Kier molecular flexibility index (Phi) is 9.80. The van der Waals surface area contributed by atoms with Gasteiger partial charge in [-0.15, -0.1) is 0 Å². The first-order valence-electron chi connectivity index (χ1n) is 11.1. The number of halogens is 2. The van der Waals surface area contributed by atoms with Crippen LogP contribution in [0.2, 0.25) is 0 Å². The summed E-state index contributed by atoms with van der Waals surface area (Å²) in [6.45, 7) is 9.23. The first-order chi connectivity index (χ1) is 14.0. The maximum Gasteiger partial charge on any atom is 0.167 e. The SMILES string of the molecule is CCCCCC(C)CCC(C)c1ccc(-c2ccc(COCC)c(F)c2F)cc1. The van der Waals surface area contributed by atoms with Crippen molar-refractivity contribution in [2.75, 3.05) is 6.61 Å². The van der Waals surface area contributed by atoms with Crippen molar-refractivity contribution in [3.05, 3.63) is 59.2 Å². The van der Waals surface area contributed by atoms with Crippen molar-refractivity contribution in [2.24, 2.45) is 5.92 Å². The second kappa shape index (κ2) is 12.1. The summed E-state index contributed by atoms with van der Waals surface area (Å²) in [5.41, 5.74) is 2.51. The molecule has 0 saturated heterocycles. The third kappa shape index (κ3) is 6.92. The molecule has 0 aliphatic carbocycles. The van der Waals surface area contributed by atoms with Crippen LogP contribution in [0.15, 0.2) is 36.4 Å². The Hall–Kier alpha value is -1.74. The van der Waals surface area contributed by atoms with Crippen molar-refractivity contribution >= 4 is 0 Å². The van der Waals surface area contributed by atoms with E-state index in [-0.39, 0.29) is 12.2 Å². The Morgan fingerprint density at radius 2 is 1.55 bits per heavy atom. The van der Waals surface area contributed by atoms with Gasteiger partial charge in [0.25, 0.3) is 0 Å². The van der Waals surface area contributed by atoms with Crippen molar-refractivity contribution in [3.63, 3.8) is 0 Å². The van der Waals surface area contributed by atoms with Crippen LogP contribution >= 0.6 is 0 Å². The van der Waals surface area contributed by atoms with E-state index in [1.807, 2.05) is 31.2 Å². The Bertz CT molecular complexity index is 739. The zero-order valence-electron chi connectivity index (χ0n) is 18.4. The second-order valence-electron chi connectivity index (χ2n) is 8.24. The van der Waals surface area contributed by atoms with Gasteiger partial charge in [0.15, 0.2) is 11.6 Å². The molecule has 0 aromatic heterocycles. The van der Waals surface area contributed by atoms with E-state index in [0.29, 0.717) is 23.7 Å². The van der Waals surface area contributed by atoms with Crippen LogP contribution < -0.4 is 0 Å². The van der Waals surface area contributed by atoms with Crippen LogP contribution in [-0.2, 0) is 11.3 Å². The van der Waals surface area contributed by atoms with Crippen molar-refractivity contribution in [2.45, 2.75) is 78.7 Å². The molecule has 0 saturated carbocycles. The number of ether oxygens (including phenoxy) is 1. The Labute approximate surface area is 175 Å². The summed E-state index contributed by atoms with van der Waals surface area (Å²) in [6, 6.07) is 11.1. The summed E-state index contributed by atoms with van der Waals surface area (Å²) in [7, 11) is 0. The van der Waals surface area contributed by atoms with E-state index in [9.17, 15) is 8.78 Å². The number of hydrogen-bond donors (Lipinski definition) is 0. The number of unbranched alkanes of at least 4 members (excludes halogenated alkanes) is 2. The summed E-state index contributed by atoms with van der Waals surface area (Å²) in [5, 5.41) is 0. The molecule has 2 aromatic carbocycles. The Morgan fingerprint density at radius 1 is 0.828 bits per heavy atom. The summed E-state index contributed by atoms with van der Waals surface area (Å²) < 4.78 is 34.1. The van der Waals surface area contributed by atoms with Crippen LogP contribution in [0.5, 0.6) is 0 Å².